The Morgan fingerprint density at radius 3 is 2.44 bits per heavy atom. The second-order valence-corrected chi connectivity index (χ2v) is 7.12. The minimum Gasteiger partial charge on any atom is -0.495 e. The summed E-state index contributed by atoms with van der Waals surface area (Å²) in [6.45, 7) is 0. The average molecular weight is 470 g/mol. The summed E-state index contributed by atoms with van der Waals surface area (Å²) < 4.78 is 16.1. The van der Waals surface area contributed by atoms with Gasteiger partial charge in [-0.05, 0) is 60.2 Å². The summed E-state index contributed by atoms with van der Waals surface area (Å²) in [6, 6.07) is 19.0. The van der Waals surface area contributed by atoms with E-state index in [1.54, 1.807) is 55.8 Å². The molecule has 7 nitrogen and oxygen atoms in total. The third-order valence-corrected chi connectivity index (χ3v) is 4.74. The molecule has 0 unspecified atom stereocenters. The second-order valence-electron chi connectivity index (χ2n) is 6.30. The van der Waals surface area contributed by atoms with Crippen LogP contribution in [0, 0.1) is 0 Å². The van der Waals surface area contributed by atoms with E-state index < -0.39 is 5.97 Å². The zero-order chi connectivity index (χ0) is 22.9. The third-order valence-electron chi connectivity index (χ3n) is 4.22. The lowest BCUT2D eigenvalue weighted by atomic mass is 10.2. The molecule has 3 aromatic carbocycles. The van der Waals surface area contributed by atoms with Gasteiger partial charge in [-0.3, -0.25) is 5.43 Å². The molecule has 3 aromatic rings. The molecule has 0 fully saturated rings. The van der Waals surface area contributed by atoms with E-state index in [1.807, 2.05) is 24.3 Å². The van der Waals surface area contributed by atoms with Gasteiger partial charge in [0.1, 0.15) is 5.75 Å². The predicted molar refractivity (Wildman–Crippen MR) is 129 cm³/mol. The Morgan fingerprint density at radius 2 is 1.69 bits per heavy atom. The number of benzene rings is 3. The molecule has 0 aliphatic heterocycles. The monoisotopic (exact) mass is 469 g/mol. The summed E-state index contributed by atoms with van der Waals surface area (Å²) >= 11 is 11.3. The van der Waals surface area contributed by atoms with Crippen LogP contribution in [0.4, 0.5) is 5.69 Å². The van der Waals surface area contributed by atoms with Gasteiger partial charge in [-0.1, -0.05) is 35.9 Å². The Morgan fingerprint density at radius 1 is 0.969 bits per heavy atom. The highest BCUT2D eigenvalue weighted by Crippen LogP contribution is 2.29. The summed E-state index contributed by atoms with van der Waals surface area (Å²) in [5.41, 5.74) is 4.42. The van der Waals surface area contributed by atoms with Crippen LogP contribution in [0.25, 0.3) is 0 Å². The smallest absolute Gasteiger partial charge is 0.345 e. The van der Waals surface area contributed by atoms with E-state index in [4.69, 9.17) is 38.0 Å². The van der Waals surface area contributed by atoms with Gasteiger partial charge in [0.2, 0.25) is 0 Å². The average Bonchev–Trinajstić information content (AvgIpc) is 2.80. The number of carbonyl (C=O) groups excluding carboxylic acids is 1. The number of esters is 1. The fourth-order valence-corrected chi connectivity index (χ4v) is 3.07. The molecule has 2 N–H and O–H groups in total. The first-order chi connectivity index (χ1) is 15.5. The molecule has 0 saturated heterocycles. The number of rotatable bonds is 7. The van der Waals surface area contributed by atoms with Crippen molar-refractivity contribution in [3.8, 4) is 17.2 Å². The van der Waals surface area contributed by atoms with Crippen molar-refractivity contribution >= 4 is 46.8 Å². The molecule has 0 aliphatic rings. The number of ether oxygens (including phenoxy) is 3. The highest BCUT2D eigenvalue weighted by atomic mass is 35.5. The summed E-state index contributed by atoms with van der Waals surface area (Å²) in [5, 5.41) is 7.73. The molecule has 0 heterocycles. The van der Waals surface area contributed by atoms with Crippen LogP contribution in [-0.2, 0) is 0 Å². The van der Waals surface area contributed by atoms with Gasteiger partial charge < -0.3 is 19.5 Å². The van der Waals surface area contributed by atoms with E-state index in [1.165, 1.54) is 7.11 Å². The predicted octanol–water partition coefficient (Wildman–Crippen LogP) is 4.90. The van der Waals surface area contributed by atoms with E-state index in [0.717, 1.165) is 0 Å². The molecular weight excluding hydrogens is 450 g/mol. The maximum absolute atomic E-state index is 12.4. The van der Waals surface area contributed by atoms with Crippen molar-refractivity contribution < 1.29 is 19.0 Å². The van der Waals surface area contributed by atoms with Crippen LogP contribution in [0.1, 0.15) is 15.9 Å². The third kappa shape index (κ3) is 5.96. The molecule has 32 heavy (non-hydrogen) atoms. The quantitative estimate of drug-likeness (QED) is 0.167. The molecule has 3 rings (SSSR count). The number of thiocarbonyl (C=S) groups is 1. The van der Waals surface area contributed by atoms with Crippen LogP contribution in [0.15, 0.2) is 71.8 Å². The molecule has 0 bridgehead atoms. The van der Waals surface area contributed by atoms with Crippen molar-refractivity contribution in [2.75, 3.05) is 19.5 Å². The second kappa shape index (κ2) is 11.1. The van der Waals surface area contributed by atoms with E-state index in [9.17, 15) is 4.79 Å². The number of hydrogen-bond donors (Lipinski definition) is 2. The molecule has 0 aliphatic carbocycles. The molecule has 0 radical (unpaired) electrons. The molecule has 0 saturated carbocycles. The number of para-hydroxylation sites is 2. The van der Waals surface area contributed by atoms with Gasteiger partial charge in [0.05, 0.1) is 36.7 Å². The Kier molecular flexibility index (Phi) is 8.02. The van der Waals surface area contributed by atoms with Crippen molar-refractivity contribution in [2.24, 2.45) is 5.10 Å². The summed E-state index contributed by atoms with van der Waals surface area (Å²) in [4.78, 5) is 12.4. The molecule has 9 heteroatoms. The van der Waals surface area contributed by atoms with E-state index >= 15 is 0 Å². The minimum atomic E-state index is -0.579. The van der Waals surface area contributed by atoms with Crippen LogP contribution in [0.2, 0.25) is 5.02 Å². The Labute approximate surface area is 195 Å². The summed E-state index contributed by atoms with van der Waals surface area (Å²) in [5.74, 6) is 0.706. The van der Waals surface area contributed by atoms with Crippen molar-refractivity contribution in [3.05, 3.63) is 82.9 Å². The topological polar surface area (TPSA) is 81.2 Å². The molecule has 0 aromatic heterocycles. The number of anilines is 1. The van der Waals surface area contributed by atoms with Crippen molar-refractivity contribution in [2.45, 2.75) is 0 Å². The lowest BCUT2D eigenvalue weighted by Crippen LogP contribution is -2.24. The highest BCUT2D eigenvalue weighted by Gasteiger charge is 2.15. The maximum atomic E-state index is 12.4. The molecular formula is C23H20ClN3O4S. The lowest BCUT2D eigenvalue weighted by molar-refractivity contribution is 0.0730. The molecule has 0 atom stereocenters. The van der Waals surface area contributed by atoms with Gasteiger partial charge in [-0.2, -0.15) is 5.10 Å². The number of carbonyl (C=O) groups is 1. The van der Waals surface area contributed by atoms with Crippen molar-refractivity contribution in [3.63, 3.8) is 0 Å². The standard InChI is InChI=1S/C23H20ClN3O4S/c1-29-19-10-6-5-9-18(19)26-23(32)27-25-14-15-11-12-20(21(13-15)30-2)31-22(28)16-7-3-4-8-17(16)24/h3-14H,1-2H3,(H2,26,27,32)/b25-14+. The first kappa shape index (κ1) is 23.1. The first-order valence-corrected chi connectivity index (χ1v) is 10.2. The van der Waals surface area contributed by atoms with Crippen LogP contribution in [0.3, 0.4) is 0 Å². The fourth-order valence-electron chi connectivity index (χ4n) is 2.69. The molecule has 164 valence electrons. The van der Waals surface area contributed by atoms with E-state index in [-0.39, 0.29) is 11.3 Å². The van der Waals surface area contributed by atoms with Crippen LogP contribution < -0.4 is 25.0 Å². The van der Waals surface area contributed by atoms with Gasteiger partial charge in [-0.25, -0.2) is 4.79 Å². The van der Waals surface area contributed by atoms with Gasteiger partial charge in [-0.15, -0.1) is 0 Å². The first-order valence-electron chi connectivity index (χ1n) is 9.39. The highest BCUT2D eigenvalue weighted by molar-refractivity contribution is 7.80. The van der Waals surface area contributed by atoms with Crippen LogP contribution >= 0.6 is 23.8 Å². The zero-order valence-electron chi connectivity index (χ0n) is 17.3. The SMILES string of the molecule is COc1ccccc1NC(=S)N/N=C/c1ccc(OC(=O)c2ccccc2Cl)c(OC)c1. The van der Waals surface area contributed by atoms with Crippen LogP contribution in [0.5, 0.6) is 17.2 Å². The Hall–Kier alpha value is -3.62. The zero-order valence-corrected chi connectivity index (χ0v) is 18.9. The number of nitrogens with zero attached hydrogens (tertiary/aromatic N) is 1. The fraction of sp³-hybridized carbons (Fsp3) is 0.0870. The Bertz CT molecular complexity index is 1150. The number of hydrogen-bond acceptors (Lipinski definition) is 6. The van der Waals surface area contributed by atoms with E-state index in [2.05, 4.69) is 15.8 Å². The van der Waals surface area contributed by atoms with Crippen molar-refractivity contribution in [1.29, 1.82) is 0 Å². The Balaban J connectivity index is 1.64. The lowest BCUT2D eigenvalue weighted by Gasteiger charge is -2.11. The number of halogens is 1. The number of methoxy groups -OCH3 is 2. The number of nitrogens with one attached hydrogen (secondary N) is 2. The summed E-state index contributed by atoms with van der Waals surface area (Å²) in [6.07, 6.45) is 1.55. The van der Waals surface area contributed by atoms with Crippen molar-refractivity contribution in [1.82, 2.24) is 5.43 Å². The number of hydrazone groups is 1. The minimum absolute atomic E-state index is 0.260. The normalized spacial score (nSPS) is 10.5. The van der Waals surface area contributed by atoms with Crippen LogP contribution in [-0.4, -0.2) is 31.5 Å². The van der Waals surface area contributed by atoms with Gasteiger partial charge in [0.25, 0.3) is 0 Å². The summed E-state index contributed by atoms with van der Waals surface area (Å²) in [7, 11) is 3.06. The van der Waals surface area contributed by atoms with Gasteiger partial charge in [0, 0.05) is 0 Å². The molecule has 0 amide bonds. The van der Waals surface area contributed by atoms with Gasteiger partial charge in [0.15, 0.2) is 16.6 Å². The van der Waals surface area contributed by atoms with Gasteiger partial charge >= 0.3 is 5.97 Å². The molecule has 0 spiro atoms. The van der Waals surface area contributed by atoms with E-state index in [0.29, 0.717) is 32.9 Å². The largest absolute Gasteiger partial charge is 0.495 e. The maximum Gasteiger partial charge on any atom is 0.345 e.